The van der Waals surface area contributed by atoms with Crippen LogP contribution in [-0.4, -0.2) is 46.1 Å². The summed E-state index contributed by atoms with van der Waals surface area (Å²) < 4.78 is 1.75. The lowest BCUT2D eigenvalue weighted by atomic mass is 9.87. The summed E-state index contributed by atoms with van der Waals surface area (Å²) in [4.78, 5) is 2.48. The highest BCUT2D eigenvalue weighted by molar-refractivity contribution is 6.42. The zero-order valence-electron chi connectivity index (χ0n) is 13.2. The quantitative estimate of drug-likeness (QED) is 0.877. The van der Waals surface area contributed by atoms with Crippen molar-refractivity contribution in [3.8, 4) is 5.69 Å². The molecule has 130 valence electrons. The van der Waals surface area contributed by atoms with Crippen LogP contribution in [0, 0.1) is 5.41 Å². The van der Waals surface area contributed by atoms with E-state index < -0.39 is 0 Å². The van der Waals surface area contributed by atoms with Gasteiger partial charge in [-0.15, -0.1) is 17.5 Å². The largest absolute Gasteiger partial charge is 0.316 e. The van der Waals surface area contributed by atoms with Crippen LogP contribution in [0.25, 0.3) is 5.69 Å². The molecule has 1 aromatic heterocycles. The van der Waals surface area contributed by atoms with Crippen molar-refractivity contribution < 1.29 is 0 Å². The number of hydrogen-bond donors (Lipinski definition) is 1. The molecule has 0 radical (unpaired) electrons. The van der Waals surface area contributed by atoms with Crippen molar-refractivity contribution in [3.05, 3.63) is 40.1 Å². The average Bonchev–Trinajstić information content (AvgIpc) is 3.26. The molecule has 0 amide bonds. The Labute approximate surface area is 157 Å². The highest BCUT2D eigenvalue weighted by Gasteiger charge is 2.40. The fourth-order valence-electron chi connectivity index (χ4n) is 3.66. The number of likely N-dealkylation sites (tertiary alicyclic amines) is 1. The molecular weight excluding hydrogens is 369 g/mol. The van der Waals surface area contributed by atoms with Gasteiger partial charge in [-0.3, -0.25) is 4.90 Å². The minimum absolute atomic E-state index is 0. The first-order chi connectivity index (χ1) is 11.1. The number of rotatable bonds is 3. The van der Waals surface area contributed by atoms with Gasteiger partial charge in [0, 0.05) is 19.6 Å². The van der Waals surface area contributed by atoms with E-state index in [9.17, 15) is 0 Å². The van der Waals surface area contributed by atoms with Gasteiger partial charge in [-0.1, -0.05) is 28.4 Å². The third kappa shape index (κ3) is 3.55. The first kappa shape index (κ1) is 18.0. The van der Waals surface area contributed by atoms with Crippen LogP contribution in [0.15, 0.2) is 24.4 Å². The number of benzene rings is 1. The Morgan fingerprint density at radius 3 is 2.83 bits per heavy atom. The van der Waals surface area contributed by atoms with Gasteiger partial charge < -0.3 is 5.32 Å². The molecule has 1 unspecified atom stereocenters. The van der Waals surface area contributed by atoms with Crippen LogP contribution in [0.1, 0.15) is 18.5 Å². The molecule has 0 aliphatic carbocycles. The Kier molecular flexibility index (Phi) is 5.37. The lowest BCUT2D eigenvalue weighted by molar-refractivity contribution is 0.266. The Hall–Kier alpha value is -0.850. The maximum atomic E-state index is 6.07. The van der Waals surface area contributed by atoms with E-state index in [1.807, 2.05) is 12.3 Å². The lowest BCUT2D eigenvalue weighted by Gasteiger charge is -2.22. The molecule has 1 N–H and O–H groups in total. The number of hydrogen-bond acceptors (Lipinski definition) is 4. The molecule has 2 aliphatic heterocycles. The van der Waals surface area contributed by atoms with Crippen LogP contribution in [0.4, 0.5) is 0 Å². The molecule has 3 heterocycles. The highest BCUT2D eigenvalue weighted by atomic mass is 35.5. The molecule has 8 heteroatoms. The van der Waals surface area contributed by atoms with Gasteiger partial charge in [0.25, 0.3) is 0 Å². The summed E-state index contributed by atoms with van der Waals surface area (Å²) in [5, 5.41) is 13.1. The second-order valence-electron chi connectivity index (χ2n) is 6.64. The maximum Gasteiger partial charge on any atom is 0.0971 e. The van der Waals surface area contributed by atoms with Crippen LogP contribution < -0.4 is 5.32 Å². The summed E-state index contributed by atoms with van der Waals surface area (Å²) in [6.45, 7) is 5.45. The summed E-state index contributed by atoms with van der Waals surface area (Å²) in [6, 6.07) is 5.47. The van der Waals surface area contributed by atoms with Gasteiger partial charge in [0.05, 0.1) is 27.6 Å². The monoisotopic (exact) mass is 387 g/mol. The van der Waals surface area contributed by atoms with Crippen LogP contribution in [0.5, 0.6) is 0 Å². The van der Waals surface area contributed by atoms with Gasteiger partial charge in [0.1, 0.15) is 0 Å². The summed E-state index contributed by atoms with van der Waals surface area (Å²) in [5.41, 5.74) is 2.34. The van der Waals surface area contributed by atoms with Gasteiger partial charge in [0.2, 0.25) is 0 Å². The standard InChI is InChI=1S/C16H19Cl2N5.ClH/c17-14-2-1-13(7-15(14)18)23-9-12(20-21-23)8-22-6-4-16(11-22)3-5-19-10-16;/h1-2,7,9,19H,3-6,8,10-11H2;1H. The molecule has 5 nitrogen and oxygen atoms in total. The average molecular weight is 389 g/mol. The first-order valence-electron chi connectivity index (χ1n) is 7.93. The second-order valence-corrected chi connectivity index (χ2v) is 7.45. The molecular formula is C16H20Cl3N5. The van der Waals surface area contributed by atoms with E-state index in [1.165, 1.54) is 12.8 Å². The van der Waals surface area contributed by atoms with Crippen LogP contribution in [0.2, 0.25) is 10.0 Å². The number of halogens is 3. The summed E-state index contributed by atoms with van der Waals surface area (Å²) in [7, 11) is 0. The molecule has 4 rings (SSSR count). The molecule has 2 saturated heterocycles. The van der Waals surface area contributed by atoms with Crippen molar-refractivity contribution in [1.82, 2.24) is 25.2 Å². The fraction of sp³-hybridized carbons (Fsp3) is 0.500. The molecule has 2 aromatic rings. The minimum atomic E-state index is 0. The van der Waals surface area contributed by atoms with Gasteiger partial charge in [-0.05, 0) is 49.5 Å². The Balaban J connectivity index is 0.00000169. The second kappa shape index (κ2) is 7.18. The number of nitrogens with zero attached hydrogens (tertiary/aromatic N) is 4. The third-order valence-electron chi connectivity index (χ3n) is 4.94. The van der Waals surface area contributed by atoms with Crippen molar-refractivity contribution in [2.45, 2.75) is 19.4 Å². The summed E-state index contributed by atoms with van der Waals surface area (Å²) in [5.74, 6) is 0. The zero-order valence-corrected chi connectivity index (χ0v) is 15.5. The van der Waals surface area contributed by atoms with Gasteiger partial charge in [0.15, 0.2) is 0 Å². The molecule has 0 bridgehead atoms. The Morgan fingerprint density at radius 1 is 1.21 bits per heavy atom. The zero-order chi connectivity index (χ0) is 15.9. The van der Waals surface area contributed by atoms with Crippen LogP contribution in [0.3, 0.4) is 0 Å². The molecule has 1 spiro atoms. The molecule has 24 heavy (non-hydrogen) atoms. The van der Waals surface area contributed by atoms with Crippen molar-refractivity contribution in [2.75, 3.05) is 26.2 Å². The number of nitrogens with one attached hydrogen (secondary N) is 1. The van der Waals surface area contributed by atoms with Gasteiger partial charge in [-0.25, -0.2) is 4.68 Å². The molecule has 1 aromatic carbocycles. The van der Waals surface area contributed by atoms with Crippen LogP contribution >= 0.6 is 35.6 Å². The number of aromatic nitrogens is 3. The van der Waals surface area contributed by atoms with Crippen LogP contribution in [-0.2, 0) is 6.54 Å². The summed E-state index contributed by atoms with van der Waals surface area (Å²) >= 11 is 12.0. The molecule has 1 atom stereocenters. The van der Waals surface area contributed by atoms with Gasteiger partial charge >= 0.3 is 0 Å². The molecule has 2 fully saturated rings. The fourth-order valence-corrected chi connectivity index (χ4v) is 3.95. The molecule has 2 aliphatic rings. The lowest BCUT2D eigenvalue weighted by Crippen LogP contribution is -2.29. The van der Waals surface area contributed by atoms with E-state index in [0.717, 1.165) is 44.1 Å². The van der Waals surface area contributed by atoms with E-state index in [0.29, 0.717) is 15.5 Å². The van der Waals surface area contributed by atoms with E-state index in [4.69, 9.17) is 23.2 Å². The topological polar surface area (TPSA) is 46.0 Å². The van der Waals surface area contributed by atoms with Crippen molar-refractivity contribution >= 4 is 35.6 Å². The maximum absolute atomic E-state index is 6.07. The normalized spacial score (nSPS) is 23.8. The molecule has 0 saturated carbocycles. The predicted molar refractivity (Wildman–Crippen MR) is 98.4 cm³/mol. The van der Waals surface area contributed by atoms with E-state index in [2.05, 4.69) is 20.5 Å². The van der Waals surface area contributed by atoms with E-state index in [1.54, 1.807) is 16.8 Å². The first-order valence-corrected chi connectivity index (χ1v) is 8.69. The van der Waals surface area contributed by atoms with Crippen molar-refractivity contribution in [3.63, 3.8) is 0 Å². The Morgan fingerprint density at radius 2 is 2.08 bits per heavy atom. The van der Waals surface area contributed by atoms with Crippen molar-refractivity contribution in [2.24, 2.45) is 5.41 Å². The third-order valence-corrected chi connectivity index (χ3v) is 5.68. The SMILES string of the molecule is Cl.Clc1ccc(-n2cc(CN3CCC4(CCNC4)C3)nn2)cc1Cl. The highest BCUT2D eigenvalue weighted by Crippen LogP contribution is 2.36. The summed E-state index contributed by atoms with van der Waals surface area (Å²) in [6.07, 6.45) is 4.54. The Bertz CT molecular complexity index is 711. The predicted octanol–water partition coefficient (Wildman–Crippen LogP) is 3.18. The van der Waals surface area contributed by atoms with E-state index in [-0.39, 0.29) is 12.4 Å². The van der Waals surface area contributed by atoms with Crippen molar-refractivity contribution in [1.29, 1.82) is 0 Å². The van der Waals surface area contributed by atoms with E-state index >= 15 is 0 Å². The van der Waals surface area contributed by atoms with Gasteiger partial charge in [-0.2, -0.15) is 0 Å². The minimum Gasteiger partial charge on any atom is -0.316 e. The smallest absolute Gasteiger partial charge is 0.0971 e.